The molecule has 0 amide bonds. The lowest BCUT2D eigenvalue weighted by molar-refractivity contribution is 1.19. The predicted molar refractivity (Wildman–Crippen MR) is 52.1 cm³/mol. The third kappa shape index (κ3) is 3.04. The van der Waals surface area contributed by atoms with Gasteiger partial charge >= 0.3 is 0 Å². The molecular formula is C5H7N3S3. The van der Waals surface area contributed by atoms with Crippen molar-refractivity contribution in [3.05, 3.63) is 9.33 Å². The van der Waals surface area contributed by atoms with Crippen LogP contribution in [0.25, 0.3) is 0 Å². The van der Waals surface area contributed by atoms with Gasteiger partial charge in [0, 0.05) is 5.38 Å². The molecule has 0 fully saturated rings. The predicted octanol–water partition coefficient (Wildman–Crippen LogP) is 1.83. The summed E-state index contributed by atoms with van der Waals surface area (Å²) in [6.07, 6.45) is 0. The van der Waals surface area contributed by atoms with Crippen LogP contribution in [0, 0.1) is 9.36 Å². The molecule has 0 saturated heterocycles. The summed E-state index contributed by atoms with van der Waals surface area (Å²) in [7, 11) is 0. The number of amidine groups is 1. The number of aromatic nitrogens is 1. The van der Waals surface area contributed by atoms with Gasteiger partial charge in [-0.25, -0.2) is 0 Å². The second kappa shape index (κ2) is 3.89. The monoisotopic (exact) mass is 205 g/mol. The third-order valence-electron chi connectivity index (χ3n) is 0.881. The fraction of sp³-hybridized carbons (Fsp3) is 0.200. The van der Waals surface area contributed by atoms with Crippen LogP contribution in [0.1, 0.15) is 0 Å². The number of hydrogen-bond donors (Lipinski definition) is 3. The highest BCUT2D eigenvalue weighted by Crippen LogP contribution is 2.17. The number of hydrogen-bond acceptors (Lipinski definition) is 4. The number of nitrogens with one attached hydrogen (secondary N) is 2. The highest BCUT2D eigenvalue weighted by atomic mass is 32.2. The number of aromatic amines is 1. The van der Waals surface area contributed by atoms with E-state index in [1.807, 2.05) is 5.38 Å². The summed E-state index contributed by atoms with van der Waals surface area (Å²) in [6.45, 7) is 0. The maximum absolute atomic E-state index is 6.97. The van der Waals surface area contributed by atoms with Crippen LogP contribution in [-0.4, -0.2) is 16.6 Å². The Kier molecular flexibility index (Phi) is 3.10. The molecule has 0 aliphatic rings. The van der Waals surface area contributed by atoms with Gasteiger partial charge in [-0.2, -0.15) is 0 Å². The van der Waals surface area contributed by atoms with E-state index in [2.05, 4.69) is 4.98 Å². The standard InChI is InChI=1S/C5H7N3S3/c6-3(7)1-10-4-2-11-5(9)8-4/h2H,1H2,(H3,6,7)(H,8,9). The molecule has 60 valence electrons. The summed E-state index contributed by atoms with van der Waals surface area (Å²) in [4.78, 5) is 2.98. The molecule has 0 spiro atoms. The van der Waals surface area contributed by atoms with Crippen molar-refractivity contribution in [3.63, 3.8) is 0 Å². The topological polar surface area (TPSA) is 65.7 Å². The Morgan fingerprint density at radius 2 is 2.64 bits per heavy atom. The minimum atomic E-state index is 0.181. The Morgan fingerprint density at radius 3 is 3.09 bits per heavy atom. The van der Waals surface area contributed by atoms with Crippen molar-refractivity contribution in [1.82, 2.24) is 4.98 Å². The summed E-state index contributed by atoms with van der Waals surface area (Å²) in [6, 6.07) is 0. The van der Waals surface area contributed by atoms with E-state index in [1.54, 1.807) is 0 Å². The van der Waals surface area contributed by atoms with Crippen molar-refractivity contribution in [2.24, 2.45) is 5.73 Å². The molecule has 0 aromatic carbocycles. The van der Waals surface area contributed by atoms with Crippen LogP contribution in [0.4, 0.5) is 0 Å². The van der Waals surface area contributed by atoms with Crippen molar-refractivity contribution in [1.29, 1.82) is 5.41 Å². The van der Waals surface area contributed by atoms with E-state index in [0.29, 0.717) is 5.75 Å². The van der Waals surface area contributed by atoms with Crippen LogP contribution in [-0.2, 0) is 0 Å². The van der Waals surface area contributed by atoms with Crippen molar-refractivity contribution < 1.29 is 0 Å². The van der Waals surface area contributed by atoms with Gasteiger partial charge in [-0.05, 0) is 12.2 Å². The first-order chi connectivity index (χ1) is 5.18. The van der Waals surface area contributed by atoms with E-state index in [9.17, 15) is 0 Å². The first kappa shape index (κ1) is 8.76. The van der Waals surface area contributed by atoms with Crippen LogP contribution in [0.5, 0.6) is 0 Å². The zero-order valence-electron chi connectivity index (χ0n) is 5.59. The summed E-state index contributed by atoms with van der Waals surface area (Å²) in [5.74, 6) is 0.697. The van der Waals surface area contributed by atoms with Crippen LogP contribution in [0.15, 0.2) is 10.4 Å². The number of nitrogens with two attached hydrogens (primary N) is 1. The Bertz CT molecular complexity index is 300. The molecule has 0 saturated carbocycles. The van der Waals surface area contributed by atoms with E-state index in [1.165, 1.54) is 23.1 Å². The van der Waals surface area contributed by atoms with Crippen LogP contribution in [0.3, 0.4) is 0 Å². The van der Waals surface area contributed by atoms with Crippen LogP contribution < -0.4 is 5.73 Å². The molecule has 1 aromatic rings. The number of rotatable bonds is 3. The Morgan fingerprint density at radius 1 is 1.91 bits per heavy atom. The Labute approximate surface area is 77.5 Å². The normalized spacial score (nSPS) is 9.82. The largest absolute Gasteiger partial charge is 0.387 e. The van der Waals surface area contributed by atoms with Crippen LogP contribution in [0.2, 0.25) is 0 Å². The first-order valence-electron chi connectivity index (χ1n) is 2.82. The second-order valence-electron chi connectivity index (χ2n) is 1.83. The van der Waals surface area contributed by atoms with Gasteiger partial charge in [-0.3, -0.25) is 5.41 Å². The highest BCUT2D eigenvalue weighted by molar-refractivity contribution is 8.00. The van der Waals surface area contributed by atoms with E-state index in [0.717, 1.165) is 8.98 Å². The summed E-state index contributed by atoms with van der Waals surface area (Å²) >= 11 is 7.85. The average molecular weight is 205 g/mol. The molecule has 4 N–H and O–H groups in total. The first-order valence-corrected chi connectivity index (χ1v) is 5.09. The van der Waals surface area contributed by atoms with E-state index in [-0.39, 0.29) is 5.84 Å². The minimum absolute atomic E-state index is 0.181. The Balaban J connectivity index is 2.51. The molecule has 0 atom stereocenters. The molecule has 1 aromatic heterocycles. The van der Waals surface area contributed by atoms with E-state index < -0.39 is 0 Å². The van der Waals surface area contributed by atoms with Gasteiger partial charge in [0.05, 0.1) is 10.8 Å². The number of thiazole rings is 1. The lowest BCUT2D eigenvalue weighted by atomic mass is 10.7. The summed E-state index contributed by atoms with van der Waals surface area (Å²) < 4.78 is 0.760. The van der Waals surface area contributed by atoms with Gasteiger partial charge in [0.15, 0.2) is 3.95 Å². The highest BCUT2D eigenvalue weighted by Gasteiger charge is 1.95. The zero-order chi connectivity index (χ0) is 8.27. The Hall–Kier alpha value is -0.330. The zero-order valence-corrected chi connectivity index (χ0v) is 8.04. The second-order valence-corrected chi connectivity index (χ2v) is 4.39. The molecule has 6 heteroatoms. The van der Waals surface area contributed by atoms with Crippen LogP contribution >= 0.6 is 35.3 Å². The van der Waals surface area contributed by atoms with Crippen molar-refractivity contribution in [3.8, 4) is 0 Å². The molecular weight excluding hydrogens is 198 g/mol. The van der Waals surface area contributed by atoms with Gasteiger partial charge in [0.2, 0.25) is 0 Å². The van der Waals surface area contributed by atoms with Crippen molar-refractivity contribution in [2.75, 3.05) is 5.75 Å². The lowest BCUT2D eigenvalue weighted by Gasteiger charge is -1.93. The van der Waals surface area contributed by atoms with Gasteiger partial charge in [0.25, 0.3) is 0 Å². The molecule has 0 aliphatic heterocycles. The third-order valence-corrected chi connectivity index (χ3v) is 3.08. The molecule has 0 unspecified atom stereocenters. The molecule has 11 heavy (non-hydrogen) atoms. The smallest absolute Gasteiger partial charge is 0.159 e. The van der Waals surface area contributed by atoms with Gasteiger partial charge in [-0.1, -0.05) is 11.8 Å². The molecule has 3 nitrogen and oxygen atoms in total. The number of thioether (sulfide) groups is 1. The maximum atomic E-state index is 6.97. The summed E-state index contributed by atoms with van der Waals surface area (Å²) in [5.41, 5.74) is 5.17. The van der Waals surface area contributed by atoms with E-state index in [4.69, 9.17) is 23.4 Å². The van der Waals surface area contributed by atoms with Gasteiger partial charge < -0.3 is 10.7 Å². The molecule has 1 heterocycles. The van der Waals surface area contributed by atoms with Crippen molar-refractivity contribution in [2.45, 2.75) is 5.03 Å². The maximum Gasteiger partial charge on any atom is 0.159 e. The average Bonchev–Trinajstić information content (AvgIpc) is 2.31. The SMILES string of the molecule is N=C(N)CSc1csc(=S)[nH]1. The molecule has 1 rings (SSSR count). The fourth-order valence-corrected chi connectivity index (χ4v) is 2.22. The molecule has 0 radical (unpaired) electrons. The van der Waals surface area contributed by atoms with Gasteiger partial charge in [0.1, 0.15) is 5.84 Å². The van der Waals surface area contributed by atoms with Crippen molar-refractivity contribution >= 4 is 41.2 Å². The van der Waals surface area contributed by atoms with E-state index >= 15 is 0 Å². The lowest BCUT2D eigenvalue weighted by Crippen LogP contribution is -2.11. The fourth-order valence-electron chi connectivity index (χ4n) is 0.492. The number of H-pyrrole nitrogens is 1. The molecule has 0 aliphatic carbocycles. The summed E-state index contributed by atoms with van der Waals surface area (Å²) in [5, 5.41) is 9.88. The molecule has 0 bridgehead atoms. The van der Waals surface area contributed by atoms with Gasteiger partial charge in [-0.15, -0.1) is 11.3 Å². The minimum Gasteiger partial charge on any atom is -0.387 e. The quantitative estimate of drug-likeness (QED) is 0.305.